The summed E-state index contributed by atoms with van der Waals surface area (Å²) >= 11 is 7.27. The monoisotopic (exact) mass is 282 g/mol. The molecule has 0 amide bonds. The lowest BCUT2D eigenvalue weighted by Crippen LogP contribution is -2.12. The van der Waals surface area contributed by atoms with E-state index in [4.69, 9.17) is 16.3 Å². The van der Waals surface area contributed by atoms with Gasteiger partial charge in [0.25, 0.3) is 0 Å². The van der Waals surface area contributed by atoms with Gasteiger partial charge in [0, 0.05) is 12.3 Å². The Kier molecular flexibility index (Phi) is 8.74. The first-order valence-electron chi connectivity index (χ1n) is 5.58. The fourth-order valence-electron chi connectivity index (χ4n) is 0.826. The zero-order chi connectivity index (χ0) is 12.6. The minimum absolute atomic E-state index is 0.146. The molecule has 1 atom stereocenters. The van der Waals surface area contributed by atoms with Crippen molar-refractivity contribution in [2.75, 3.05) is 12.3 Å². The van der Waals surface area contributed by atoms with Crippen LogP contribution < -0.4 is 5.09 Å². The van der Waals surface area contributed by atoms with Crippen LogP contribution in [0.2, 0.25) is 0 Å². The van der Waals surface area contributed by atoms with Gasteiger partial charge in [-0.15, -0.1) is 0 Å². The van der Waals surface area contributed by atoms with E-state index in [9.17, 15) is 0 Å². The van der Waals surface area contributed by atoms with E-state index >= 15 is 0 Å². The number of hydrogen-bond acceptors (Lipinski definition) is 4. The molecule has 0 aliphatic heterocycles. The molecule has 96 valence electrons. The van der Waals surface area contributed by atoms with Crippen LogP contribution in [-0.2, 0) is 16.3 Å². The first kappa shape index (κ1) is 16.4. The Bertz CT molecular complexity index is 257. The summed E-state index contributed by atoms with van der Waals surface area (Å²) in [6, 6.07) is 0. The topological polar surface area (TPSA) is 33.6 Å². The van der Waals surface area contributed by atoms with Crippen LogP contribution in [-0.4, -0.2) is 24.7 Å². The molecular formula is C10H23N2OPS2. The molecule has 16 heavy (non-hydrogen) atoms. The second-order valence-electron chi connectivity index (χ2n) is 4.10. The smallest absolute Gasteiger partial charge is 0.211 e. The van der Waals surface area contributed by atoms with E-state index in [0.717, 1.165) is 12.3 Å². The van der Waals surface area contributed by atoms with Crippen LogP contribution in [0.3, 0.4) is 0 Å². The van der Waals surface area contributed by atoms with Crippen LogP contribution in [0.1, 0.15) is 34.6 Å². The van der Waals surface area contributed by atoms with E-state index in [1.54, 1.807) is 17.7 Å². The number of nitrogens with zero attached hydrogens (tertiary/aromatic N) is 1. The Hall–Kier alpha value is 0.430. The Morgan fingerprint density at radius 3 is 2.50 bits per heavy atom. The van der Waals surface area contributed by atoms with Crippen molar-refractivity contribution in [3.8, 4) is 0 Å². The molecule has 0 bridgehead atoms. The molecule has 0 fully saturated rings. The normalized spacial score (nSPS) is 15.9. The van der Waals surface area contributed by atoms with Gasteiger partial charge in [0.1, 0.15) is 0 Å². The van der Waals surface area contributed by atoms with Crippen molar-refractivity contribution in [3.05, 3.63) is 0 Å². The summed E-state index contributed by atoms with van der Waals surface area (Å²) < 4.78 is 5.82. The molecule has 0 radical (unpaired) electrons. The second kappa shape index (κ2) is 8.51. The maximum absolute atomic E-state index is 5.82. The van der Waals surface area contributed by atoms with Gasteiger partial charge in [0.15, 0.2) is 0 Å². The lowest BCUT2D eigenvalue weighted by molar-refractivity contribution is 0.274. The van der Waals surface area contributed by atoms with Crippen molar-refractivity contribution in [2.24, 2.45) is 10.9 Å². The minimum atomic E-state index is -2.01. The highest BCUT2D eigenvalue weighted by atomic mass is 32.9. The van der Waals surface area contributed by atoms with Crippen LogP contribution in [0.25, 0.3) is 0 Å². The lowest BCUT2D eigenvalue weighted by atomic mass is 10.3. The number of aliphatic imine (C=N–C) groups is 1. The SMILES string of the molecule is CCN=CNP(=S)(OC(C)C)SCC(C)C. The fraction of sp³-hybridized carbons (Fsp3) is 0.900. The molecule has 0 spiro atoms. The van der Waals surface area contributed by atoms with Crippen molar-refractivity contribution in [1.29, 1.82) is 0 Å². The van der Waals surface area contributed by atoms with E-state index in [2.05, 4.69) is 23.9 Å². The molecule has 0 heterocycles. The minimum Gasteiger partial charge on any atom is -0.324 e. The van der Waals surface area contributed by atoms with Crippen LogP contribution in [0.4, 0.5) is 0 Å². The van der Waals surface area contributed by atoms with Gasteiger partial charge < -0.3 is 9.61 Å². The predicted octanol–water partition coefficient (Wildman–Crippen LogP) is 3.66. The van der Waals surface area contributed by atoms with E-state index in [1.165, 1.54) is 0 Å². The molecular weight excluding hydrogens is 259 g/mol. The molecule has 1 N–H and O–H groups in total. The number of hydrogen-bond donors (Lipinski definition) is 1. The highest BCUT2D eigenvalue weighted by Gasteiger charge is 2.19. The number of rotatable bonds is 8. The zero-order valence-corrected chi connectivity index (χ0v) is 13.3. The van der Waals surface area contributed by atoms with Crippen molar-refractivity contribution in [2.45, 2.75) is 40.7 Å². The second-order valence-corrected chi connectivity index (χ2v) is 10.7. The van der Waals surface area contributed by atoms with Crippen molar-refractivity contribution < 1.29 is 4.52 Å². The quantitative estimate of drug-likeness (QED) is 0.418. The van der Waals surface area contributed by atoms with Gasteiger partial charge in [0.2, 0.25) is 5.62 Å². The van der Waals surface area contributed by atoms with E-state index in [0.29, 0.717) is 5.92 Å². The molecule has 0 saturated heterocycles. The molecule has 1 unspecified atom stereocenters. The maximum atomic E-state index is 5.82. The predicted molar refractivity (Wildman–Crippen MR) is 80.0 cm³/mol. The first-order valence-corrected chi connectivity index (χ1v) is 9.89. The summed E-state index contributed by atoms with van der Waals surface area (Å²) in [5.74, 6) is 1.63. The Balaban J connectivity index is 4.36. The van der Waals surface area contributed by atoms with Gasteiger partial charge in [-0.25, -0.2) is 0 Å². The molecule has 0 aliphatic rings. The van der Waals surface area contributed by atoms with Gasteiger partial charge in [-0.05, 0) is 38.5 Å². The van der Waals surface area contributed by atoms with Crippen LogP contribution >= 0.6 is 17.0 Å². The van der Waals surface area contributed by atoms with Crippen molar-refractivity contribution in [3.63, 3.8) is 0 Å². The molecule has 0 saturated carbocycles. The molecule has 6 heteroatoms. The Morgan fingerprint density at radius 2 is 2.06 bits per heavy atom. The summed E-state index contributed by atoms with van der Waals surface area (Å²) in [6.45, 7) is 11.1. The summed E-state index contributed by atoms with van der Waals surface area (Å²) in [5, 5.41) is 3.16. The third-order valence-electron chi connectivity index (χ3n) is 1.42. The highest BCUT2D eigenvalue weighted by Crippen LogP contribution is 2.57. The van der Waals surface area contributed by atoms with Gasteiger partial charge in [-0.2, -0.15) is 0 Å². The average Bonchev–Trinajstić information content (AvgIpc) is 2.14. The molecule has 0 aromatic rings. The van der Waals surface area contributed by atoms with Gasteiger partial charge in [-0.1, -0.05) is 25.2 Å². The Morgan fingerprint density at radius 1 is 1.44 bits per heavy atom. The molecule has 0 aromatic carbocycles. The first-order chi connectivity index (χ1) is 7.39. The fourth-order valence-corrected chi connectivity index (χ4v) is 6.05. The van der Waals surface area contributed by atoms with E-state index in [-0.39, 0.29) is 6.10 Å². The standard InChI is InChI=1S/C10H23N2OPS2/c1-6-11-8-12-14(15,13-10(4)5)16-7-9(2)3/h8-10H,6-7H2,1-5H3,(H,11,12,15). The molecule has 0 rings (SSSR count). The summed E-state index contributed by atoms with van der Waals surface area (Å²) in [7, 11) is 0. The van der Waals surface area contributed by atoms with Gasteiger partial charge in [-0.3, -0.25) is 4.99 Å². The number of nitrogens with one attached hydrogen (secondary N) is 1. The van der Waals surface area contributed by atoms with Crippen molar-refractivity contribution in [1.82, 2.24) is 5.09 Å². The van der Waals surface area contributed by atoms with Gasteiger partial charge >= 0.3 is 0 Å². The highest BCUT2D eigenvalue weighted by molar-refractivity contribution is 8.68. The van der Waals surface area contributed by atoms with Crippen LogP contribution in [0, 0.1) is 5.92 Å². The average molecular weight is 282 g/mol. The summed E-state index contributed by atoms with van der Waals surface area (Å²) in [5.41, 5.74) is -2.01. The maximum Gasteiger partial charge on any atom is 0.211 e. The largest absolute Gasteiger partial charge is 0.324 e. The van der Waals surface area contributed by atoms with Crippen LogP contribution in [0.5, 0.6) is 0 Å². The molecule has 3 nitrogen and oxygen atoms in total. The van der Waals surface area contributed by atoms with Crippen molar-refractivity contribution >= 4 is 35.1 Å². The third-order valence-corrected chi connectivity index (χ3v) is 7.27. The molecule has 0 aromatic heterocycles. The Labute approximate surface area is 109 Å². The zero-order valence-electron chi connectivity index (χ0n) is 10.8. The van der Waals surface area contributed by atoms with E-state index < -0.39 is 5.62 Å². The lowest BCUT2D eigenvalue weighted by Gasteiger charge is -2.24. The third kappa shape index (κ3) is 8.57. The van der Waals surface area contributed by atoms with E-state index in [1.807, 2.05) is 20.8 Å². The van der Waals surface area contributed by atoms with Gasteiger partial charge in [0.05, 0.1) is 12.4 Å². The molecule has 0 aliphatic carbocycles. The summed E-state index contributed by atoms with van der Waals surface area (Å²) in [6.07, 6.45) is 1.84. The van der Waals surface area contributed by atoms with Crippen LogP contribution in [0.15, 0.2) is 4.99 Å². The summed E-state index contributed by atoms with van der Waals surface area (Å²) in [4.78, 5) is 4.12.